The molecule has 4 aromatic rings. The van der Waals surface area contributed by atoms with Crippen LogP contribution in [0.25, 0.3) is 11.0 Å². The first kappa shape index (κ1) is 25.0. The fraction of sp³-hybridized carbons (Fsp3) is 0.267. The van der Waals surface area contributed by atoms with E-state index in [4.69, 9.17) is 13.9 Å². The van der Waals surface area contributed by atoms with Gasteiger partial charge in [0, 0.05) is 11.8 Å². The number of amides is 1. The topological polar surface area (TPSA) is 77.8 Å². The number of carbonyl (C=O) groups excluding carboxylic acids is 1. The third-order valence-electron chi connectivity index (χ3n) is 5.90. The molecule has 0 fully saturated rings. The number of carbonyl (C=O) groups is 1. The van der Waals surface area contributed by atoms with Gasteiger partial charge in [0.1, 0.15) is 23.3 Å². The Labute approximate surface area is 210 Å². The minimum absolute atomic E-state index is 0.115. The molecular formula is C30H31NO5. The number of hydrogen-bond donors (Lipinski definition) is 1. The number of fused-ring (bicyclic) bond motifs is 1. The second-order valence-corrected chi connectivity index (χ2v) is 9.02. The molecule has 0 unspecified atom stereocenters. The number of benzene rings is 3. The molecule has 36 heavy (non-hydrogen) atoms. The average molecular weight is 486 g/mol. The number of nitrogens with one attached hydrogen (secondary N) is 1. The summed E-state index contributed by atoms with van der Waals surface area (Å²) in [5.74, 6) is 1.14. The molecular weight excluding hydrogens is 454 g/mol. The van der Waals surface area contributed by atoms with Crippen molar-refractivity contribution in [3.63, 3.8) is 0 Å². The van der Waals surface area contributed by atoms with Gasteiger partial charge in [0.15, 0.2) is 6.61 Å². The Morgan fingerprint density at radius 2 is 1.78 bits per heavy atom. The van der Waals surface area contributed by atoms with E-state index in [1.54, 1.807) is 18.2 Å². The van der Waals surface area contributed by atoms with Crippen molar-refractivity contribution in [1.29, 1.82) is 0 Å². The lowest BCUT2D eigenvalue weighted by atomic mass is 10.0. The SMILES string of the molecule is CCCCc1ccc(NC(=O)COc2ccc3c(=O)c(Oc4ccccc4C(C)C)coc3c2)cc1. The van der Waals surface area contributed by atoms with Crippen LogP contribution in [-0.4, -0.2) is 12.5 Å². The normalized spacial score (nSPS) is 11.0. The fourth-order valence-corrected chi connectivity index (χ4v) is 3.90. The number of unbranched alkanes of at least 4 members (excludes halogenated alkanes) is 1. The molecule has 0 spiro atoms. The maximum Gasteiger partial charge on any atom is 0.262 e. The van der Waals surface area contributed by atoms with E-state index in [9.17, 15) is 9.59 Å². The Morgan fingerprint density at radius 1 is 1.00 bits per heavy atom. The highest BCUT2D eigenvalue weighted by Crippen LogP contribution is 2.30. The van der Waals surface area contributed by atoms with Gasteiger partial charge in [-0.25, -0.2) is 0 Å². The zero-order valence-electron chi connectivity index (χ0n) is 20.9. The molecule has 0 saturated carbocycles. The molecule has 1 aromatic heterocycles. The minimum Gasteiger partial charge on any atom is -0.484 e. The molecule has 186 valence electrons. The number of ether oxygens (including phenoxy) is 2. The van der Waals surface area contributed by atoms with Gasteiger partial charge >= 0.3 is 0 Å². The van der Waals surface area contributed by atoms with E-state index in [2.05, 4.69) is 26.1 Å². The highest BCUT2D eigenvalue weighted by atomic mass is 16.5. The minimum atomic E-state index is -0.276. The second-order valence-electron chi connectivity index (χ2n) is 9.02. The first-order valence-electron chi connectivity index (χ1n) is 12.3. The highest BCUT2D eigenvalue weighted by molar-refractivity contribution is 5.92. The van der Waals surface area contributed by atoms with Gasteiger partial charge in [-0.2, -0.15) is 0 Å². The Kier molecular flexibility index (Phi) is 8.06. The van der Waals surface area contributed by atoms with E-state index in [0.29, 0.717) is 22.5 Å². The van der Waals surface area contributed by atoms with Crippen LogP contribution in [0.15, 0.2) is 82.2 Å². The predicted octanol–water partition coefficient (Wildman–Crippen LogP) is 7.07. The van der Waals surface area contributed by atoms with Crippen molar-refractivity contribution in [2.24, 2.45) is 0 Å². The van der Waals surface area contributed by atoms with Crippen LogP contribution < -0.4 is 20.2 Å². The molecule has 0 aliphatic carbocycles. The third kappa shape index (κ3) is 6.13. The maximum absolute atomic E-state index is 13.0. The molecule has 4 rings (SSSR count). The summed E-state index contributed by atoms with van der Waals surface area (Å²) in [7, 11) is 0. The smallest absolute Gasteiger partial charge is 0.262 e. The van der Waals surface area contributed by atoms with E-state index in [0.717, 1.165) is 30.5 Å². The van der Waals surface area contributed by atoms with Crippen molar-refractivity contribution in [3.8, 4) is 17.2 Å². The molecule has 1 amide bonds. The summed E-state index contributed by atoms with van der Waals surface area (Å²) in [6, 6.07) is 20.3. The number of para-hydroxylation sites is 1. The Balaban J connectivity index is 1.40. The summed E-state index contributed by atoms with van der Waals surface area (Å²) >= 11 is 0. The lowest BCUT2D eigenvalue weighted by molar-refractivity contribution is -0.118. The number of rotatable bonds is 10. The summed E-state index contributed by atoms with van der Waals surface area (Å²) < 4.78 is 17.2. The first-order valence-corrected chi connectivity index (χ1v) is 12.3. The van der Waals surface area contributed by atoms with Crippen molar-refractivity contribution >= 4 is 22.6 Å². The first-order chi connectivity index (χ1) is 17.4. The molecule has 0 aliphatic heterocycles. The van der Waals surface area contributed by atoms with Gasteiger partial charge in [0.25, 0.3) is 5.91 Å². The molecule has 0 aliphatic rings. The van der Waals surface area contributed by atoms with Crippen LogP contribution >= 0.6 is 0 Å². The third-order valence-corrected chi connectivity index (χ3v) is 5.90. The number of anilines is 1. The van der Waals surface area contributed by atoms with Crippen LogP contribution in [0.4, 0.5) is 5.69 Å². The van der Waals surface area contributed by atoms with Crippen molar-refractivity contribution in [2.75, 3.05) is 11.9 Å². The lowest BCUT2D eigenvalue weighted by Crippen LogP contribution is -2.20. The lowest BCUT2D eigenvalue weighted by Gasteiger charge is -2.13. The van der Waals surface area contributed by atoms with E-state index in [1.807, 2.05) is 48.5 Å². The second kappa shape index (κ2) is 11.6. The van der Waals surface area contributed by atoms with Crippen molar-refractivity contribution in [3.05, 3.63) is 94.3 Å². The Bertz CT molecular complexity index is 1390. The van der Waals surface area contributed by atoms with Gasteiger partial charge in [0.05, 0.1) is 5.39 Å². The zero-order valence-corrected chi connectivity index (χ0v) is 20.9. The van der Waals surface area contributed by atoms with Crippen LogP contribution in [0.5, 0.6) is 17.2 Å². The Hall–Kier alpha value is -4.06. The molecule has 0 radical (unpaired) electrons. The molecule has 6 nitrogen and oxygen atoms in total. The van der Waals surface area contributed by atoms with Gasteiger partial charge in [-0.1, -0.05) is 57.5 Å². The maximum atomic E-state index is 13.0. The Morgan fingerprint density at radius 3 is 2.53 bits per heavy atom. The van der Waals surface area contributed by atoms with E-state index in [1.165, 1.54) is 11.8 Å². The summed E-state index contributed by atoms with van der Waals surface area (Å²) in [4.78, 5) is 25.3. The van der Waals surface area contributed by atoms with Gasteiger partial charge < -0.3 is 19.2 Å². The zero-order chi connectivity index (χ0) is 25.5. The van der Waals surface area contributed by atoms with Crippen LogP contribution in [0.1, 0.15) is 50.7 Å². The van der Waals surface area contributed by atoms with Crippen molar-refractivity contribution in [2.45, 2.75) is 46.0 Å². The fourth-order valence-electron chi connectivity index (χ4n) is 3.90. The standard InChI is InChI=1S/C30H31NO5/c1-4-5-8-21-11-13-22(14-12-21)31-29(32)19-34-23-15-16-25-27(17-23)35-18-28(30(25)33)36-26-10-7-6-9-24(26)20(2)3/h6-7,9-18,20H,4-5,8,19H2,1-3H3,(H,31,32). The molecule has 1 N–H and O–H groups in total. The van der Waals surface area contributed by atoms with Crippen LogP contribution in [0, 0.1) is 0 Å². The van der Waals surface area contributed by atoms with E-state index < -0.39 is 0 Å². The van der Waals surface area contributed by atoms with Gasteiger partial charge in [0.2, 0.25) is 11.2 Å². The summed E-state index contributed by atoms with van der Waals surface area (Å²) in [6.07, 6.45) is 4.63. The summed E-state index contributed by atoms with van der Waals surface area (Å²) in [6.45, 7) is 6.13. The summed E-state index contributed by atoms with van der Waals surface area (Å²) in [5.41, 5.74) is 3.05. The highest BCUT2D eigenvalue weighted by Gasteiger charge is 2.14. The predicted molar refractivity (Wildman–Crippen MR) is 142 cm³/mol. The molecule has 3 aromatic carbocycles. The van der Waals surface area contributed by atoms with Crippen LogP contribution in [-0.2, 0) is 11.2 Å². The molecule has 0 atom stereocenters. The number of aryl methyl sites for hydroxylation is 1. The van der Waals surface area contributed by atoms with Crippen LogP contribution in [0.2, 0.25) is 0 Å². The summed E-state index contributed by atoms with van der Waals surface area (Å²) in [5, 5.41) is 3.20. The molecule has 1 heterocycles. The van der Waals surface area contributed by atoms with Gasteiger partial charge in [-0.15, -0.1) is 0 Å². The monoisotopic (exact) mass is 485 g/mol. The van der Waals surface area contributed by atoms with Crippen LogP contribution in [0.3, 0.4) is 0 Å². The quantitative estimate of drug-likeness (QED) is 0.260. The van der Waals surface area contributed by atoms with Crippen molar-refractivity contribution < 1.29 is 18.7 Å². The van der Waals surface area contributed by atoms with Gasteiger partial charge in [-0.05, 0) is 60.2 Å². The molecule has 0 saturated heterocycles. The molecule has 0 bridgehead atoms. The number of hydrogen-bond acceptors (Lipinski definition) is 5. The van der Waals surface area contributed by atoms with Crippen molar-refractivity contribution in [1.82, 2.24) is 0 Å². The van der Waals surface area contributed by atoms with E-state index in [-0.39, 0.29) is 29.6 Å². The van der Waals surface area contributed by atoms with E-state index >= 15 is 0 Å². The average Bonchev–Trinajstić information content (AvgIpc) is 2.89. The van der Waals surface area contributed by atoms with Gasteiger partial charge in [-0.3, -0.25) is 9.59 Å². The molecule has 6 heteroatoms. The largest absolute Gasteiger partial charge is 0.484 e.